The summed E-state index contributed by atoms with van der Waals surface area (Å²) in [5.74, 6) is -2.27. The van der Waals surface area contributed by atoms with Crippen molar-refractivity contribution in [2.75, 3.05) is 5.32 Å². The summed E-state index contributed by atoms with van der Waals surface area (Å²) < 4.78 is 39.3. The van der Waals surface area contributed by atoms with Gasteiger partial charge in [0.1, 0.15) is 5.82 Å². The fourth-order valence-electron chi connectivity index (χ4n) is 1.55. The third kappa shape index (κ3) is 3.42. The van der Waals surface area contributed by atoms with Crippen LogP contribution in [0.4, 0.5) is 18.9 Å². The quantitative estimate of drug-likeness (QED) is 0.809. The van der Waals surface area contributed by atoms with Crippen LogP contribution >= 0.6 is 27.5 Å². The molecule has 1 N–H and O–H groups in total. The molecule has 0 spiro atoms. The lowest BCUT2D eigenvalue weighted by Crippen LogP contribution is -2.02. The molecule has 0 unspecified atom stereocenters. The highest BCUT2D eigenvalue weighted by atomic mass is 79.9. The van der Waals surface area contributed by atoms with Crippen LogP contribution in [0.2, 0.25) is 5.02 Å². The highest BCUT2D eigenvalue weighted by molar-refractivity contribution is 9.10. The van der Waals surface area contributed by atoms with E-state index in [2.05, 4.69) is 21.2 Å². The van der Waals surface area contributed by atoms with Gasteiger partial charge in [-0.3, -0.25) is 0 Å². The van der Waals surface area contributed by atoms with Gasteiger partial charge in [0.05, 0.1) is 10.7 Å². The number of anilines is 1. The normalized spacial score (nSPS) is 10.6. The summed E-state index contributed by atoms with van der Waals surface area (Å²) in [6, 6.07) is 6.03. The molecule has 0 atom stereocenters. The first-order chi connectivity index (χ1) is 8.97. The van der Waals surface area contributed by atoms with Crippen LogP contribution in [0.25, 0.3) is 0 Å². The van der Waals surface area contributed by atoms with Crippen LogP contribution < -0.4 is 5.32 Å². The maximum atomic E-state index is 13.0. The number of hydrogen-bond acceptors (Lipinski definition) is 1. The Balaban J connectivity index is 2.16. The van der Waals surface area contributed by atoms with E-state index >= 15 is 0 Å². The summed E-state index contributed by atoms with van der Waals surface area (Å²) in [7, 11) is 0. The van der Waals surface area contributed by atoms with E-state index in [9.17, 15) is 13.2 Å². The number of hydrogen-bond donors (Lipinski definition) is 1. The van der Waals surface area contributed by atoms with Gasteiger partial charge in [0.25, 0.3) is 0 Å². The first kappa shape index (κ1) is 14.2. The van der Waals surface area contributed by atoms with Crippen LogP contribution in [-0.4, -0.2) is 0 Å². The Morgan fingerprint density at radius 1 is 1.05 bits per heavy atom. The molecule has 2 rings (SSSR count). The van der Waals surface area contributed by atoms with Gasteiger partial charge in [-0.15, -0.1) is 0 Å². The van der Waals surface area contributed by atoms with Gasteiger partial charge in [-0.2, -0.15) is 0 Å². The minimum atomic E-state index is -0.913. The van der Waals surface area contributed by atoms with E-state index in [1.54, 1.807) is 0 Å². The van der Waals surface area contributed by atoms with Crippen molar-refractivity contribution < 1.29 is 13.2 Å². The lowest BCUT2D eigenvalue weighted by Gasteiger charge is -2.11. The Bertz CT molecular complexity index is 596. The average molecular weight is 351 g/mol. The van der Waals surface area contributed by atoms with Gasteiger partial charge in [-0.1, -0.05) is 17.7 Å². The first-order valence-electron chi connectivity index (χ1n) is 5.29. The van der Waals surface area contributed by atoms with Crippen LogP contribution in [0.5, 0.6) is 0 Å². The van der Waals surface area contributed by atoms with Gasteiger partial charge in [0.2, 0.25) is 0 Å². The van der Waals surface area contributed by atoms with E-state index in [1.165, 1.54) is 18.2 Å². The molecule has 0 amide bonds. The van der Waals surface area contributed by atoms with Gasteiger partial charge < -0.3 is 5.32 Å². The zero-order valence-electron chi connectivity index (χ0n) is 9.48. The van der Waals surface area contributed by atoms with E-state index in [0.717, 1.165) is 12.1 Å². The van der Waals surface area contributed by atoms with Gasteiger partial charge in [-0.25, -0.2) is 13.2 Å². The zero-order chi connectivity index (χ0) is 14.0. The summed E-state index contributed by atoms with van der Waals surface area (Å²) in [6.45, 7) is 0.237. The highest BCUT2D eigenvalue weighted by Crippen LogP contribution is 2.32. The number of halogens is 5. The van der Waals surface area contributed by atoms with Crippen LogP contribution in [0.1, 0.15) is 5.56 Å². The van der Waals surface area contributed by atoms with Crippen molar-refractivity contribution >= 4 is 33.2 Å². The highest BCUT2D eigenvalue weighted by Gasteiger charge is 2.08. The number of benzene rings is 2. The monoisotopic (exact) mass is 349 g/mol. The molecule has 0 bridgehead atoms. The molecule has 0 aliphatic heterocycles. The fraction of sp³-hybridized carbons (Fsp3) is 0.0769. The van der Waals surface area contributed by atoms with Crippen molar-refractivity contribution in [3.8, 4) is 0 Å². The summed E-state index contributed by atoms with van der Waals surface area (Å²) in [5.41, 5.74) is 1.04. The molecule has 0 fully saturated rings. The van der Waals surface area contributed by atoms with Crippen molar-refractivity contribution in [1.29, 1.82) is 0 Å². The lowest BCUT2D eigenvalue weighted by molar-refractivity contribution is 0.507. The van der Waals surface area contributed by atoms with Gasteiger partial charge >= 0.3 is 0 Å². The predicted octanol–water partition coefficient (Wildman–Crippen LogP) is 5.13. The number of rotatable bonds is 3. The van der Waals surface area contributed by atoms with Crippen LogP contribution in [0.15, 0.2) is 34.8 Å². The van der Waals surface area contributed by atoms with Gasteiger partial charge in [-0.05, 0) is 45.8 Å². The van der Waals surface area contributed by atoms with Gasteiger partial charge in [0.15, 0.2) is 11.6 Å². The van der Waals surface area contributed by atoms with E-state index in [0.29, 0.717) is 15.7 Å². The SMILES string of the molecule is Fc1cc(Cl)c(NCc2ccc(F)c(F)c2)c(Br)c1. The smallest absolute Gasteiger partial charge is 0.159 e. The van der Waals surface area contributed by atoms with E-state index in [1.807, 2.05) is 0 Å². The summed E-state index contributed by atoms with van der Waals surface area (Å²) in [4.78, 5) is 0. The second kappa shape index (κ2) is 5.84. The van der Waals surface area contributed by atoms with Crippen molar-refractivity contribution in [3.63, 3.8) is 0 Å². The van der Waals surface area contributed by atoms with E-state index in [-0.39, 0.29) is 11.6 Å². The zero-order valence-corrected chi connectivity index (χ0v) is 11.8. The van der Waals surface area contributed by atoms with Crippen LogP contribution in [0, 0.1) is 17.5 Å². The summed E-state index contributed by atoms with van der Waals surface area (Å²) in [6.07, 6.45) is 0. The predicted molar refractivity (Wildman–Crippen MR) is 72.8 cm³/mol. The maximum absolute atomic E-state index is 13.0. The molecule has 1 nitrogen and oxygen atoms in total. The maximum Gasteiger partial charge on any atom is 0.159 e. The standard InChI is InChI=1S/C13H8BrClF3N/c14-9-4-8(16)5-10(15)13(9)19-6-7-1-2-11(17)12(18)3-7/h1-5,19H,6H2. The topological polar surface area (TPSA) is 12.0 Å². The molecule has 2 aromatic rings. The molecule has 6 heteroatoms. The molecular formula is C13H8BrClF3N. The molecule has 0 saturated carbocycles. The van der Waals surface area contributed by atoms with Gasteiger partial charge in [0, 0.05) is 11.0 Å². The molecule has 100 valence electrons. The van der Waals surface area contributed by atoms with Crippen molar-refractivity contribution in [2.24, 2.45) is 0 Å². The molecule has 0 radical (unpaired) electrons. The first-order valence-corrected chi connectivity index (χ1v) is 6.47. The third-order valence-corrected chi connectivity index (χ3v) is 3.38. The minimum Gasteiger partial charge on any atom is -0.379 e. The Morgan fingerprint density at radius 2 is 1.79 bits per heavy atom. The van der Waals surface area contributed by atoms with Crippen LogP contribution in [0.3, 0.4) is 0 Å². The molecule has 0 heterocycles. The lowest BCUT2D eigenvalue weighted by atomic mass is 10.2. The summed E-state index contributed by atoms with van der Waals surface area (Å²) >= 11 is 9.07. The van der Waals surface area contributed by atoms with E-state index in [4.69, 9.17) is 11.6 Å². The molecule has 2 aromatic carbocycles. The molecule has 0 aliphatic carbocycles. The van der Waals surface area contributed by atoms with Crippen molar-refractivity contribution in [1.82, 2.24) is 0 Å². The summed E-state index contributed by atoms with van der Waals surface area (Å²) in [5, 5.41) is 3.14. The largest absolute Gasteiger partial charge is 0.379 e. The Labute approximate surface area is 121 Å². The second-order valence-electron chi connectivity index (χ2n) is 3.85. The third-order valence-electron chi connectivity index (χ3n) is 2.46. The molecular weight excluding hydrogens is 343 g/mol. The second-order valence-corrected chi connectivity index (χ2v) is 5.11. The fourth-order valence-corrected chi connectivity index (χ4v) is 2.51. The Kier molecular flexibility index (Phi) is 4.37. The number of nitrogens with one attached hydrogen (secondary N) is 1. The van der Waals surface area contributed by atoms with Crippen molar-refractivity contribution in [3.05, 3.63) is 62.8 Å². The molecule has 0 aromatic heterocycles. The molecule has 19 heavy (non-hydrogen) atoms. The van der Waals surface area contributed by atoms with Crippen molar-refractivity contribution in [2.45, 2.75) is 6.54 Å². The van der Waals surface area contributed by atoms with E-state index < -0.39 is 17.5 Å². The minimum absolute atomic E-state index is 0.203. The molecule has 0 aliphatic rings. The average Bonchev–Trinajstić information content (AvgIpc) is 2.32. The Hall–Kier alpha value is -1.20. The van der Waals surface area contributed by atoms with Crippen LogP contribution in [-0.2, 0) is 6.54 Å². The Morgan fingerprint density at radius 3 is 2.42 bits per heavy atom. The molecule has 0 saturated heterocycles.